The summed E-state index contributed by atoms with van der Waals surface area (Å²) < 4.78 is 0. The molecule has 4 rings (SSSR count). The highest BCUT2D eigenvalue weighted by Crippen LogP contribution is 2.30. The molecule has 26 heavy (non-hydrogen) atoms. The van der Waals surface area contributed by atoms with Gasteiger partial charge in [0.15, 0.2) is 0 Å². The molecule has 0 saturated heterocycles. The van der Waals surface area contributed by atoms with Gasteiger partial charge in [-0.3, -0.25) is 4.79 Å². The molecule has 2 heterocycles. The fourth-order valence-corrected chi connectivity index (χ4v) is 3.91. The zero-order chi connectivity index (χ0) is 18.3. The number of carbonyl (C=O) groups is 1. The molecule has 3 heteroatoms. The van der Waals surface area contributed by atoms with Gasteiger partial charge in [-0.25, -0.2) is 0 Å². The lowest BCUT2D eigenvalue weighted by Gasteiger charge is -2.27. The number of aromatic amines is 1. The van der Waals surface area contributed by atoms with Gasteiger partial charge in [-0.2, -0.15) is 0 Å². The van der Waals surface area contributed by atoms with Gasteiger partial charge in [0.25, 0.3) is 0 Å². The van der Waals surface area contributed by atoms with Gasteiger partial charge in [0, 0.05) is 41.7 Å². The zero-order valence-corrected chi connectivity index (χ0v) is 15.8. The van der Waals surface area contributed by atoms with Crippen LogP contribution in [0.5, 0.6) is 0 Å². The van der Waals surface area contributed by atoms with Crippen molar-refractivity contribution >= 4 is 16.8 Å². The van der Waals surface area contributed by atoms with E-state index in [1.807, 2.05) is 17.0 Å². The Bertz CT molecular complexity index is 967. The second kappa shape index (κ2) is 6.64. The summed E-state index contributed by atoms with van der Waals surface area (Å²) in [6.07, 6.45) is 1.39. The molecule has 0 aliphatic carbocycles. The first-order valence-electron chi connectivity index (χ1n) is 9.48. The highest BCUT2D eigenvalue weighted by molar-refractivity contribution is 5.87. The number of H-pyrrole nitrogens is 1. The topological polar surface area (TPSA) is 36.1 Å². The number of fused-ring (bicyclic) bond motifs is 3. The van der Waals surface area contributed by atoms with Crippen LogP contribution >= 0.6 is 0 Å². The van der Waals surface area contributed by atoms with Gasteiger partial charge in [0.2, 0.25) is 5.91 Å². The second-order valence-electron chi connectivity index (χ2n) is 7.77. The summed E-state index contributed by atoms with van der Waals surface area (Å²) in [5.74, 6) is 0.725. The molecular weight excluding hydrogens is 320 g/mol. The lowest BCUT2D eigenvalue weighted by Crippen LogP contribution is -2.36. The van der Waals surface area contributed by atoms with Crippen molar-refractivity contribution in [3.63, 3.8) is 0 Å². The summed E-state index contributed by atoms with van der Waals surface area (Å²) in [7, 11) is 0. The first kappa shape index (κ1) is 16.9. The standard InChI is InChI=1S/C23H26N2O/c1-15(2)18-7-8-21-19(13-18)20-14-25(10-9-22(20)24-21)23(26)12-17-6-4-5-16(3)11-17/h4-8,11,13,15,24H,9-10,12,14H2,1-3H3. The molecule has 3 aromatic rings. The minimum absolute atomic E-state index is 0.218. The molecule has 1 N–H and O–H groups in total. The normalized spacial score (nSPS) is 14.1. The summed E-state index contributed by atoms with van der Waals surface area (Å²) in [6.45, 7) is 8.01. The largest absolute Gasteiger partial charge is 0.358 e. The van der Waals surface area contributed by atoms with Crippen LogP contribution in [-0.2, 0) is 24.2 Å². The molecule has 1 aliphatic rings. The summed E-state index contributed by atoms with van der Waals surface area (Å²) in [6, 6.07) is 14.9. The first-order valence-corrected chi connectivity index (χ1v) is 9.48. The highest BCUT2D eigenvalue weighted by atomic mass is 16.2. The Hall–Kier alpha value is -2.55. The average molecular weight is 346 g/mol. The zero-order valence-electron chi connectivity index (χ0n) is 15.8. The number of aromatic nitrogens is 1. The maximum Gasteiger partial charge on any atom is 0.227 e. The van der Waals surface area contributed by atoms with Crippen LogP contribution < -0.4 is 0 Å². The van der Waals surface area contributed by atoms with Crippen molar-refractivity contribution in [3.05, 3.63) is 70.4 Å². The fourth-order valence-electron chi connectivity index (χ4n) is 3.91. The van der Waals surface area contributed by atoms with Gasteiger partial charge in [-0.1, -0.05) is 49.7 Å². The number of rotatable bonds is 3. The van der Waals surface area contributed by atoms with Crippen LogP contribution in [-0.4, -0.2) is 22.3 Å². The lowest BCUT2D eigenvalue weighted by molar-refractivity contribution is -0.131. The molecule has 2 aromatic carbocycles. The summed E-state index contributed by atoms with van der Waals surface area (Å²) in [5.41, 5.74) is 7.43. The molecule has 1 amide bonds. The predicted molar refractivity (Wildman–Crippen MR) is 106 cm³/mol. The monoisotopic (exact) mass is 346 g/mol. The number of hydrogen-bond donors (Lipinski definition) is 1. The smallest absolute Gasteiger partial charge is 0.227 e. The Morgan fingerprint density at radius 2 is 2.04 bits per heavy atom. The molecule has 0 saturated carbocycles. The third kappa shape index (κ3) is 3.14. The lowest BCUT2D eigenvalue weighted by atomic mass is 9.98. The van der Waals surface area contributed by atoms with E-state index in [-0.39, 0.29) is 5.91 Å². The molecular formula is C23H26N2O. The van der Waals surface area contributed by atoms with Crippen molar-refractivity contribution in [1.29, 1.82) is 0 Å². The number of benzene rings is 2. The van der Waals surface area contributed by atoms with E-state index in [2.05, 4.69) is 56.1 Å². The van der Waals surface area contributed by atoms with Crippen molar-refractivity contribution in [2.24, 2.45) is 0 Å². The summed E-state index contributed by atoms with van der Waals surface area (Å²) >= 11 is 0. The molecule has 0 spiro atoms. The van der Waals surface area contributed by atoms with E-state index >= 15 is 0 Å². The van der Waals surface area contributed by atoms with E-state index in [0.717, 1.165) is 18.5 Å². The summed E-state index contributed by atoms with van der Waals surface area (Å²) in [4.78, 5) is 18.4. The van der Waals surface area contributed by atoms with E-state index in [0.29, 0.717) is 18.9 Å². The minimum atomic E-state index is 0.218. The van der Waals surface area contributed by atoms with Crippen LogP contribution in [0.1, 0.15) is 47.7 Å². The van der Waals surface area contributed by atoms with Gasteiger partial charge >= 0.3 is 0 Å². The number of hydrogen-bond acceptors (Lipinski definition) is 1. The molecule has 1 aliphatic heterocycles. The Kier molecular flexibility index (Phi) is 4.31. The molecule has 0 atom stereocenters. The number of nitrogens with one attached hydrogen (secondary N) is 1. The Balaban J connectivity index is 1.59. The van der Waals surface area contributed by atoms with Crippen LogP contribution in [0.2, 0.25) is 0 Å². The van der Waals surface area contributed by atoms with E-state index in [1.165, 1.54) is 33.3 Å². The van der Waals surface area contributed by atoms with E-state index < -0.39 is 0 Å². The van der Waals surface area contributed by atoms with Crippen molar-refractivity contribution in [1.82, 2.24) is 9.88 Å². The van der Waals surface area contributed by atoms with Gasteiger partial charge in [0.05, 0.1) is 6.42 Å². The van der Waals surface area contributed by atoms with Gasteiger partial charge in [0.1, 0.15) is 0 Å². The SMILES string of the molecule is Cc1cccc(CC(=O)N2CCc3[nH]c4ccc(C(C)C)cc4c3C2)c1. The first-order chi connectivity index (χ1) is 12.5. The van der Waals surface area contributed by atoms with Gasteiger partial charge in [-0.05, 0) is 36.1 Å². The molecule has 3 nitrogen and oxygen atoms in total. The van der Waals surface area contributed by atoms with Crippen LogP contribution in [0.4, 0.5) is 0 Å². The maximum absolute atomic E-state index is 12.8. The third-order valence-corrected chi connectivity index (χ3v) is 5.46. The van der Waals surface area contributed by atoms with E-state index in [4.69, 9.17) is 0 Å². The van der Waals surface area contributed by atoms with Crippen LogP contribution in [0.25, 0.3) is 10.9 Å². The van der Waals surface area contributed by atoms with Gasteiger partial charge < -0.3 is 9.88 Å². The molecule has 1 aromatic heterocycles. The van der Waals surface area contributed by atoms with Crippen molar-refractivity contribution in [3.8, 4) is 0 Å². The van der Waals surface area contributed by atoms with Gasteiger partial charge in [-0.15, -0.1) is 0 Å². The Morgan fingerprint density at radius 3 is 2.81 bits per heavy atom. The van der Waals surface area contributed by atoms with Crippen LogP contribution in [0.3, 0.4) is 0 Å². The Labute approximate surface area is 155 Å². The average Bonchev–Trinajstić information content (AvgIpc) is 2.98. The quantitative estimate of drug-likeness (QED) is 0.731. The van der Waals surface area contributed by atoms with E-state index in [9.17, 15) is 4.79 Å². The summed E-state index contributed by atoms with van der Waals surface area (Å²) in [5, 5.41) is 1.28. The minimum Gasteiger partial charge on any atom is -0.358 e. The highest BCUT2D eigenvalue weighted by Gasteiger charge is 2.24. The fraction of sp³-hybridized carbons (Fsp3) is 0.348. The molecule has 0 bridgehead atoms. The molecule has 134 valence electrons. The van der Waals surface area contributed by atoms with Crippen molar-refractivity contribution in [2.45, 2.75) is 46.1 Å². The maximum atomic E-state index is 12.8. The van der Waals surface area contributed by atoms with Crippen LogP contribution in [0, 0.1) is 6.92 Å². The number of nitrogens with zero attached hydrogens (tertiary/aromatic N) is 1. The van der Waals surface area contributed by atoms with Crippen LogP contribution in [0.15, 0.2) is 42.5 Å². The number of amides is 1. The number of carbonyl (C=O) groups excluding carboxylic acids is 1. The Morgan fingerprint density at radius 1 is 1.19 bits per heavy atom. The molecule has 0 fully saturated rings. The van der Waals surface area contributed by atoms with Crippen molar-refractivity contribution in [2.75, 3.05) is 6.54 Å². The van der Waals surface area contributed by atoms with E-state index in [1.54, 1.807) is 0 Å². The second-order valence-corrected chi connectivity index (χ2v) is 7.77. The van der Waals surface area contributed by atoms with Crippen molar-refractivity contribution < 1.29 is 4.79 Å². The third-order valence-electron chi connectivity index (χ3n) is 5.46. The molecule has 0 radical (unpaired) electrons. The molecule has 0 unspecified atom stereocenters. The predicted octanol–water partition coefficient (Wildman–Crippen LogP) is 4.73. The number of aryl methyl sites for hydroxylation is 1.